The molecular weight excluding hydrogens is 322 g/mol. The van der Waals surface area contributed by atoms with Crippen LogP contribution in [0.2, 0.25) is 0 Å². The van der Waals surface area contributed by atoms with Crippen molar-refractivity contribution in [2.75, 3.05) is 19.1 Å². The molecule has 0 saturated carbocycles. The Morgan fingerprint density at radius 1 is 1.21 bits per heavy atom. The zero-order valence-electron chi connectivity index (χ0n) is 14.0. The third kappa shape index (κ3) is 4.64. The van der Waals surface area contributed by atoms with Gasteiger partial charge in [-0.25, -0.2) is 4.79 Å². The van der Waals surface area contributed by atoms with Gasteiger partial charge in [0.1, 0.15) is 6.04 Å². The van der Waals surface area contributed by atoms with E-state index in [0.717, 1.165) is 22.1 Å². The van der Waals surface area contributed by atoms with Crippen molar-refractivity contribution in [1.29, 1.82) is 0 Å². The number of rotatable bonds is 7. The van der Waals surface area contributed by atoms with Crippen molar-refractivity contribution in [1.82, 2.24) is 10.2 Å². The molecule has 5 nitrogen and oxygen atoms in total. The molecule has 1 atom stereocenters. The Hall–Kier alpha value is -2.21. The summed E-state index contributed by atoms with van der Waals surface area (Å²) in [6, 6.07) is 12.9. The summed E-state index contributed by atoms with van der Waals surface area (Å²) >= 11 is 1.63. The predicted molar refractivity (Wildman–Crippen MR) is 99.9 cm³/mol. The van der Waals surface area contributed by atoms with E-state index in [2.05, 4.69) is 23.5 Å². The molecule has 0 aliphatic rings. The van der Waals surface area contributed by atoms with E-state index in [4.69, 9.17) is 5.73 Å². The lowest BCUT2D eigenvalue weighted by Crippen LogP contribution is -2.49. The first-order valence-corrected chi connectivity index (χ1v) is 9.19. The quantitative estimate of drug-likeness (QED) is 0.810. The number of carbonyl (C=O) groups excluding carboxylic acids is 2. The van der Waals surface area contributed by atoms with E-state index < -0.39 is 12.1 Å². The normalized spacial score (nSPS) is 11.9. The maximum Gasteiger partial charge on any atom is 0.312 e. The van der Waals surface area contributed by atoms with Crippen molar-refractivity contribution < 1.29 is 9.59 Å². The SMILES string of the molecule is CSCCC(NC(N)=O)C(=O)N(C)Cc1cccc2ccccc12. The molecule has 0 saturated heterocycles. The topological polar surface area (TPSA) is 75.4 Å². The van der Waals surface area contributed by atoms with E-state index in [9.17, 15) is 9.59 Å². The lowest BCUT2D eigenvalue weighted by atomic mass is 10.0. The summed E-state index contributed by atoms with van der Waals surface area (Å²) in [6.07, 6.45) is 2.52. The highest BCUT2D eigenvalue weighted by atomic mass is 32.2. The van der Waals surface area contributed by atoms with Gasteiger partial charge in [-0.3, -0.25) is 4.79 Å². The molecule has 0 aliphatic carbocycles. The number of carbonyl (C=O) groups is 2. The second kappa shape index (κ2) is 8.59. The minimum atomic E-state index is -0.673. The minimum Gasteiger partial charge on any atom is -0.352 e. The number of nitrogens with one attached hydrogen (secondary N) is 1. The number of fused-ring (bicyclic) bond motifs is 1. The lowest BCUT2D eigenvalue weighted by Gasteiger charge is -2.24. The van der Waals surface area contributed by atoms with E-state index >= 15 is 0 Å². The number of likely N-dealkylation sites (N-methyl/N-ethyl adjacent to an activating group) is 1. The van der Waals surface area contributed by atoms with Gasteiger partial charge >= 0.3 is 6.03 Å². The van der Waals surface area contributed by atoms with Crippen LogP contribution in [0.25, 0.3) is 10.8 Å². The Bertz CT molecular complexity index is 715. The van der Waals surface area contributed by atoms with Crippen LogP contribution in [0.5, 0.6) is 0 Å². The average molecular weight is 345 g/mol. The summed E-state index contributed by atoms with van der Waals surface area (Å²) in [6.45, 7) is 0.483. The van der Waals surface area contributed by atoms with Crippen LogP contribution < -0.4 is 11.1 Å². The van der Waals surface area contributed by atoms with E-state index in [1.54, 1.807) is 23.7 Å². The smallest absolute Gasteiger partial charge is 0.312 e. The highest BCUT2D eigenvalue weighted by molar-refractivity contribution is 7.98. The molecule has 2 aromatic carbocycles. The molecule has 2 rings (SSSR count). The van der Waals surface area contributed by atoms with Gasteiger partial charge in [0.15, 0.2) is 0 Å². The second-order valence-electron chi connectivity index (χ2n) is 5.68. The predicted octanol–water partition coefficient (Wildman–Crippen LogP) is 2.59. The molecule has 0 spiro atoms. The highest BCUT2D eigenvalue weighted by Crippen LogP contribution is 2.20. The number of urea groups is 1. The fourth-order valence-electron chi connectivity index (χ4n) is 2.69. The van der Waals surface area contributed by atoms with E-state index in [-0.39, 0.29) is 5.91 Å². The van der Waals surface area contributed by atoms with E-state index in [1.165, 1.54) is 0 Å². The van der Waals surface area contributed by atoms with Gasteiger partial charge in [-0.1, -0.05) is 42.5 Å². The van der Waals surface area contributed by atoms with Gasteiger partial charge in [0.05, 0.1) is 0 Å². The fourth-order valence-corrected chi connectivity index (χ4v) is 3.17. The maximum atomic E-state index is 12.7. The molecule has 1 unspecified atom stereocenters. The first-order valence-electron chi connectivity index (χ1n) is 7.79. The van der Waals surface area contributed by atoms with Crippen LogP contribution in [0.1, 0.15) is 12.0 Å². The van der Waals surface area contributed by atoms with Gasteiger partial charge in [0.25, 0.3) is 0 Å². The molecule has 24 heavy (non-hydrogen) atoms. The largest absolute Gasteiger partial charge is 0.352 e. The molecule has 3 amide bonds. The third-order valence-electron chi connectivity index (χ3n) is 3.89. The van der Waals surface area contributed by atoms with Crippen LogP contribution >= 0.6 is 11.8 Å². The zero-order valence-corrected chi connectivity index (χ0v) is 14.8. The molecule has 0 radical (unpaired) electrons. The molecule has 6 heteroatoms. The van der Waals surface area contributed by atoms with Crippen LogP contribution in [0.4, 0.5) is 4.79 Å². The first kappa shape index (κ1) is 18.1. The summed E-state index contributed by atoms with van der Waals surface area (Å²) in [5, 5.41) is 4.82. The van der Waals surface area contributed by atoms with Gasteiger partial charge in [-0.2, -0.15) is 11.8 Å². The fraction of sp³-hybridized carbons (Fsp3) is 0.333. The van der Waals surface area contributed by atoms with Crippen molar-refractivity contribution in [3.63, 3.8) is 0 Å². The van der Waals surface area contributed by atoms with Gasteiger partial charge in [0.2, 0.25) is 5.91 Å². The van der Waals surface area contributed by atoms with Crippen LogP contribution in [0.15, 0.2) is 42.5 Å². The lowest BCUT2D eigenvalue weighted by molar-refractivity contribution is -0.132. The van der Waals surface area contributed by atoms with Crippen molar-refractivity contribution in [2.24, 2.45) is 5.73 Å². The Balaban J connectivity index is 2.15. The number of hydrogen-bond donors (Lipinski definition) is 2. The maximum absolute atomic E-state index is 12.7. The first-order chi connectivity index (χ1) is 11.5. The number of amides is 3. The monoisotopic (exact) mass is 345 g/mol. The summed E-state index contributed by atoms with van der Waals surface area (Å²) in [5.74, 6) is 0.648. The van der Waals surface area contributed by atoms with Gasteiger partial charge in [0, 0.05) is 13.6 Å². The van der Waals surface area contributed by atoms with Crippen LogP contribution in [-0.2, 0) is 11.3 Å². The number of nitrogens with zero attached hydrogens (tertiary/aromatic N) is 1. The molecule has 0 heterocycles. The molecule has 0 bridgehead atoms. The van der Waals surface area contributed by atoms with Gasteiger partial charge in [-0.05, 0) is 34.8 Å². The number of hydrogen-bond acceptors (Lipinski definition) is 3. The van der Waals surface area contributed by atoms with E-state index in [0.29, 0.717) is 13.0 Å². The zero-order chi connectivity index (χ0) is 17.5. The Kier molecular flexibility index (Phi) is 6.49. The molecule has 0 aliphatic heterocycles. The van der Waals surface area contributed by atoms with Crippen LogP contribution in [0, 0.1) is 0 Å². The van der Waals surface area contributed by atoms with Crippen molar-refractivity contribution in [2.45, 2.75) is 19.0 Å². The Labute approximate surface area is 146 Å². The Morgan fingerprint density at radius 3 is 2.62 bits per heavy atom. The van der Waals surface area contributed by atoms with Crippen molar-refractivity contribution in [3.8, 4) is 0 Å². The molecule has 2 aromatic rings. The summed E-state index contributed by atoms with van der Waals surface area (Å²) in [5.41, 5.74) is 6.28. The average Bonchev–Trinajstić information content (AvgIpc) is 2.58. The molecule has 3 N–H and O–H groups in total. The number of primary amides is 1. The Morgan fingerprint density at radius 2 is 1.92 bits per heavy atom. The number of thioether (sulfide) groups is 1. The standard InChI is InChI=1S/C18H23N3O2S/c1-21(17(22)16(10-11-24-2)20-18(19)23)12-14-8-5-7-13-6-3-4-9-15(13)14/h3-9,16H,10-12H2,1-2H3,(H3,19,20,23). The summed E-state index contributed by atoms with van der Waals surface area (Å²) in [4.78, 5) is 25.5. The molecule has 0 aromatic heterocycles. The van der Waals surface area contributed by atoms with E-state index in [1.807, 2.05) is 30.5 Å². The number of nitrogens with two attached hydrogens (primary N) is 1. The highest BCUT2D eigenvalue weighted by Gasteiger charge is 2.23. The molecule has 128 valence electrons. The van der Waals surface area contributed by atoms with Crippen molar-refractivity contribution >= 4 is 34.5 Å². The second-order valence-corrected chi connectivity index (χ2v) is 6.66. The van der Waals surface area contributed by atoms with Gasteiger partial charge in [-0.15, -0.1) is 0 Å². The van der Waals surface area contributed by atoms with Crippen molar-refractivity contribution in [3.05, 3.63) is 48.0 Å². The third-order valence-corrected chi connectivity index (χ3v) is 4.53. The van der Waals surface area contributed by atoms with Crippen LogP contribution in [-0.4, -0.2) is 41.9 Å². The van der Waals surface area contributed by atoms with Gasteiger partial charge < -0.3 is 16.0 Å². The summed E-state index contributed by atoms with van der Waals surface area (Å²) in [7, 11) is 1.75. The summed E-state index contributed by atoms with van der Waals surface area (Å²) < 4.78 is 0. The molecule has 0 fully saturated rings. The van der Waals surface area contributed by atoms with Crippen LogP contribution in [0.3, 0.4) is 0 Å². The molecular formula is C18H23N3O2S. The minimum absolute atomic E-state index is 0.129. The number of benzene rings is 2.